The number of rotatable bonds is 6. The van der Waals surface area contributed by atoms with Crippen molar-refractivity contribution in [1.82, 2.24) is 5.32 Å². The van der Waals surface area contributed by atoms with Crippen LogP contribution in [0.15, 0.2) is 24.3 Å². The van der Waals surface area contributed by atoms with Crippen LogP contribution in [-0.4, -0.2) is 23.5 Å². The van der Waals surface area contributed by atoms with Gasteiger partial charge in [0.05, 0.1) is 5.56 Å². The van der Waals surface area contributed by atoms with Crippen molar-refractivity contribution in [3.05, 3.63) is 35.4 Å². The fourth-order valence-electron chi connectivity index (χ4n) is 3.12. The highest BCUT2D eigenvalue weighted by Crippen LogP contribution is 2.38. The van der Waals surface area contributed by atoms with Gasteiger partial charge in [-0.25, -0.2) is 4.79 Å². The molecule has 5 nitrogen and oxygen atoms in total. The standard InChI is InChI=1S/C17H24N2O3/c18-12-17(8-2-1-3-9-17)10-15(20)19-11-13-4-6-14(7-5-13)16(21)22/h4-7H,1-3,8-12,18H2,(H,19,20)(H,21,22). The van der Waals surface area contributed by atoms with Gasteiger partial charge in [0.15, 0.2) is 0 Å². The molecule has 0 unspecified atom stereocenters. The number of carbonyl (C=O) groups is 2. The van der Waals surface area contributed by atoms with Crippen molar-refractivity contribution < 1.29 is 14.7 Å². The molecule has 0 aliphatic heterocycles. The van der Waals surface area contributed by atoms with Gasteiger partial charge in [0.1, 0.15) is 0 Å². The van der Waals surface area contributed by atoms with Crippen molar-refractivity contribution in [2.75, 3.05) is 6.54 Å². The molecule has 1 aromatic rings. The van der Waals surface area contributed by atoms with E-state index in [-0.39, 0.29) is 16.9 Å². The van der Waals surface area contributed by atoms with E-state index in [9.17, 15) is 9.59 Å². The number of carboxylic acid groups (broad SMARTS) is 1. The number of carboxylic acids is 1. The van der Waals surface area contributed by atoms with Crippen molar-refractivity contribution in [2.24, 2.45) is 11.1 Å². The third-order valence-electron chi connectivity index (χ3n) is 4.57. The summed E-state index contributed by atoms with van der Waals surface area (Å²) in [6, 6.07) is 6.55. The Morgan fingerprint density at radius 3 is 2.32 bits per heavy atom. The minimum Gasteiger partial charge on any atom is -0.478 e. The van der Waals surface area contributed by atoms with Gasteiger partial charge in [0.2, 0.25) is 5.91 Å². The average Bonchev–Trinajstić information content (AvgIpc) is 2.54. The van der Waals surface area contributed by atoms with Gasteiger partial charge in [-0.3, -0.25) is 4.79 Å². The molecule has 1 aliphatic rings. The second-order valence-corrected chi connectivity index (χ2v) is 6.22. The van der Waals surface area contributed by atoms with Crippen LogP contribution in [0.4, 0.5) is 0 Å². The molecule has 120 valence electrons. The predicted octanol–water partition coefficient (Wildman–Crippen LogP) is 2.30. The molecular weight excluding hydrogens is 280 g/mol. The highest BCUT2D eigenvalue weighted by Gasteiger charge is 2.32. The lowest BCUT2D eigenvalue weighted by Gasteiger charge is -2.35. The van der Waals surface area contributed by atoms with Crippen LogP contribution in [0.1, 0.15) is 54.4 Å². The van der Waals surface area contributed by atoms with Crippen LogP contribution >= 0.6 is 0 Å². The largest absolute Gasteiger partial charge is 0.478 e. The zero-order chi connectivity index (χ0) is 16.0. The molecule has 5 heteroatoms. The first kappa shape index (κ1) is 16.5. The van der Waals surface area contributed by atoms with E-state index in [0.717, 1.165) is 31.2 Å². The van der Waals surface area contributed by atoms with Crippen LogP contribution in [0, 0.1) is 5.41 Å². The third-order valence-corrected chi connectivity index (χ3v) is 4.57. The van der Waals surface area contributed by atoms with Gasteiger partial charge in [0, 0.05) is 13.0 Å². The normalized spacial score (nSPS) is 17.0. The van der Waals surface area contributed by atoms with Gasteiger partial charge in [-0.05, 0) is 42.5 Å². The number of nitrogens with one attached hydrogen (secondary N) is 1. The number of nitrogens with two attached hydrogens (primary N) is 1. The molecule has 22 heavy (non-hydrogen) atoms. The first-order chi connectivity index (χ1) is 10.5. The Bertz CT molecular complexity index is 519. The van der Waals surface area contributed by atoms with Crippen LogP contribution in [0.5, 0.6) is 0 Å². The number of carbonyl (C=O) groups excluding carboxylic acids is 1. The highest BCUT2D eigenvalue weighted by atomic mass is 16.4. The molecule has 0 heterocycles. The fraction of sp³-hybridized carbons (Fsp3) is 0.529. The third kappa shape index (κ3) is 4.31. The fourth-order valence-corrected chi connectivity index (χ4v) is 3.12. The van der Waals surface area contributed by atoms with Crippen LogP contribution in [-0.2, 0) is 11.3 Å². The maximum absolute atomic E-state index is 12.2. The molecule has 2 rings (SSSR count). The van der Waals surface area contributed by atoms with Gasteiger partial charge in [0.25, 0.3) is 0 Å². The van der Waals surface area contributed by atoms with Gasteiger partial charge in [-0.2, -0.15) is 0 Å². The molecule has 1 aromatic carbocycles. The summed E-state index contributed by atoms with van der Waals surface area (Å²) in [5.41, 5.74) is 7.01. The molecule has 0 aromatic heterocycles. The molecule has 0 saturated heterocycles. The van der Waals surface area contributed by atoms with E-state index in [1.807, 2.05) is 0 Å². The summed E-state index contributed by atoms with van der Waals surface area (Å²) in [6.45, 7) is 0.979. The topological polar surface area (TPSA) is 92.4 Å². The molecule has 4 N–H and O–H groups in total. The van der Waals surface area contributed by atoms with Crippen molar-refractivity contribution in [3.63, 3.8) is 0 Å². The van der Waals surface area contributed by atoms with Gasteiger partial charge < -0.3 is 16.2 Å². The Labute approximate surface area is 130 Å². The zero-order valence-corrected chi connectivity index (χ0v) is 12.8. The summed E-state index contributed by atoms with van der Waals surface area (Å²) in [4.78, 5) is 22.9. The minimum atomic E-state index is -0.947. The summed E-state index contributed by atoms with van der Waals surface area (Å²) >= 11 is 0. The van der Waals surface area contributed by atoms with E-state index < -0.39 is 5.97 Å². The lowest BCUT2D eigenvalue weighted by molar-refractivity contribution is -0.124. The number of aromatic carboxylic acids is 1. The minimum absolute atomic E-state index is 0.0228. The number of amides is 1. The van der Waals surface area contributed by atoms with Crippen LogP contribution in [0.3, 0.4) is 0 Å². The molecule has 0 radical (unpaired) electrons. The van der Waals surface area contributed by atoms with E-state index >= 15 is 0 Å². The van der Waals surface area contributed by atoms with E-state index in [2.05, 4.69) is 5.32 Å². The quantitative estimate of drug-likeness (QED) is 0.752. The van der Waals surface area contributed by atoms with Crippen molar-refractivity contribution in [3.8, 4) is 0 Å². The number of benzene rings is 1. The van der Waals surface area contributed by atoms with Crippen LogP contribution < -0.4 is 11.1 Å². The first-order valence-corrected chi connectivity index (χ1v) is 7.84. The number of hydrogen-bond donors (Lipinski definition) is 3. The highest BCUT2D eigenvalue weighted by molar-refractivity contribution is 5.87. The predicted molar refractivity (Wildman–Crippen MR) is 84.4 cm³/mol. The Hall–Kier alpha value is -1.88. The maximum Gasteiger partial charge on any atom is 0.335 e. The lowest BCUT2D eigenvalue weighted by Crippen LogP contribution is -2.38. The second-order valence-electron chi connectivity index (χ2n) is 6.22. The molecule has 1 aliphatic carbocycles. The summed E-state index contributed by atoms with van der Waals surface area (Å²) in [7, 11) is 0. The maximum atomic E-state index is 12.2. The van der Waals surface area contributed by atoms with Crippen molar-refractivity contribution >= 4 is 11.9 Å². The van der Waals surface area contributed by atoms with E-state index in [0.29, 0.717) is 19.5 Å². The van der Waals surface area contributed by atoms with E-state index in [1.54, 1.807) is 24.3 Å². The zero-order valence-electron chi connectivity index (χ0n) is 12.8. The summed E-state index contributed by atoms with van der Waals surface area (Å²) in [6.07, 6.45) is 6.09. The van der Waals surface area contributed by atoms with Crippen LogP contribution in [0.2, 0.25) is 0 Å². The van der Waals surface area contributed by atoms with E-state index in [1.165, 1.54) is 6.42 Å². The molecule has 1 saturated carbocycles. The molecule has 0 spiro atoms. The Morgan fingerprint density at radius 1 is 1.14 bits per heavy atom. The molecule has 1 fully saturated rings. The Kier molecular flexibility index (Phi) is 5.55. The molecule has 0 atom stereocenters. The number of hydrogen-bond acceptors (Lipinski definition) is 3. The summed E-state index contributed by atoms with van der Waals surface area (Å²) in [5, 5.41) is 11.8. The summed E-state index contributed by atoms with van der Waals surface area (Å²) in [5.74, 6) is -0.924. The van der Waals surface area contributed by atoms with Crippen LogP contribution in [0.25, 0.3) is 0 Å². The summed E-state index contributed by atoms with van der Waals surface area (Å²) < 4.78 is 0. The van der Waals surface area contributed by atoms with Gasteiger partial charge >= 0.3 is 5.97 Å². The first-order valence-electron chi connectivity index (χ1n) is 7.84. The van der Waals surface area contributed by atoms with Gasteiger partial charge in [-0.15, -0.1) is 0 Å². The average molecular weight is 304 g/mol. The second kappa shape index (κ2) is 7.40. The molecule has 1 amide bonds. The van der Waals surface area contributed by atoms with Crippen molar-refractivity contribution in [1.29, 1.82) is 0 Å². The van der Waals surface area contributed by atoms with Crippen molar-refractivity contribution in [2.45, 2.75) is 45.1 Å². The molecule has 0 bridgehead atoms. The van der Waals surface area contributed by atoms with Gasteiger partial charge in [-0.1, -0.05) is 31.4 Å². The Balaban J connectivity index is 1.85. The Morgan fingerprint density at radius 2 is 1.77 bits per heavy atom. The lowest BCUT2D eigenvalue weighted by atomic mass is 9.71. The monoisotopic (exact) mass is 304 g/mol. The van der Waals surface area contributed by atoms with E-state index in [4.69, 9.17) is 10.8 Å². The molecular formula is C17H24N2O3. The smallest absolute Gasteiger partial charge is 0.335 e. The SMILES string of the molecule is NCC1(CC(=O)NCc2ccc(C(=O)O)cc2)CCCCC1.